The number of hydrogen-bond donors (Lipinski definition) is 3. The van der Waals surface area contributed by atoms with Crippen molar-refractivity contribution in [2.75, 3.05) is 5.75 Å². The SMILES string of the molecule is Cc1c(C(O)C(O)CCS)cc(F)cc1[N+](=O)[O-]. The topological polar surface area (TPSA) is 83.6 Å². The molecular weight excluding hydrogens is 261 g/mol. The summed E-state index contributed by atoms with van der Waals surface area (Å²) in [6.07, 6.45) is -2.30. The number of aliphatic hydroxyl groups excluding tert-OH is 2. The number of thiol groups is 1. The van der Waals surface area contributed by atoms with Crippen molar-refractivity contribution in [3.8, 4) is 0 Å². The van der Waals surface area contributed by atoms with E-state index in [0.717, 1.165) is 12.1 Å². The molecule has 5 nitrogen and oxygen atoms in total. The van der Waals surface area contributed by atoms with Crippen molar-refractivity contribution >= 4 is 18.3 Å². The number of halogens is 1. The second-order valence-electron chi connectivity index (χ2n) is 3.92. The molecule has 0 fully saturated rings. The fourth-order valence-electron chi connectivity index (χ4n) is 1.68. The highest BCUT2D eigenvalue weighted by atomic mass is 32.1. The molecular formula is C11H14FNO4S. The zero-order valence-electron chi connectivity index (χ0n) is 9.71. The van der Waals surface area contributed by atoms with E-state index in [0.29, 0.717) is 5.75 Å². The molecule has 0 radical (unpaired) electrons. The van der Waals surface area contributed by atoms with Gasteiger partial charge in [-0.05, 0) is 30.7 Å². The number of nitrogens with zero attached hydrogens (tertiary/aromatic N) is 1. The van der Waals surface area contributed by atoms with Gasteiger partial charge in [0.2, 0.25) is 0 Å². The second-order valence-corrected chi connectivity index (χ2v) is 4.37. The first-order valence-corrected chi connectivity index (χ1v) is 5.93. The molecule has 2 atom stereocenters. The minimum Gasteiger partial charge on any atom is -0.390 e. The van der Waals surface area contributed by atoms with Gasteiger partial charge >= 0.3 is 0 Å². The van der Waals surface area contributed by atoms with Crippen LogP contribution in [0.15, 0.2) is 12.1 Å². The molecule has 0 aliphatic rings. The molecule has 2 unspecified atom stereocenters. The van der Waals surface area contributed by atoms with Gasteiger partial charge in [-0.25, -0.2) is 4.39 Å². The van der Waals surface area contributed by atoms with Gasteiger partial charge in [-0.2, -0.15) is 12.6 Å². The van der Waals surface area contributed by atoms with Crippen LogP contribution in [0.5, 0.6) is 0 Å². The number of rotatable bonds is 5. The summed E-state index contributed by atoms with van der Waals surface area (Å²) in [6.45, 7) is 1.41. The molecule has 0 heterocycles. The summed E-state index contributed by atoms with van der Waals surface area (Å²) in [4.78, 5) is 10.0. The Morgan fingerprint density at radius 3 is 2.61 bits per heavy atom. The molecule has 0 amide bonds. The average Bonchev–Trinajstić information content (AvgIpc) is 2.30. The van der Waals surface area contributed by atoms with Gasteiger partial charge in [0.1, 0.15) is 11.9 Å². The summed E-state index contributed by atoms with van der Waals surface area (Å²) < 4.78 is 13.3. The number of benzene rings is 1. The summed E-state index contributed by atoms with van der Waals surface area (Å²) >= 11 is 3.91. The van der Waals surface area contributed by atoms with Crippen molar-refractivity contribution < 1.29 is 19.5 Å². The standard InChI is InChI=1S/C11H14FNO4S/c1-6-8(11(15)10(14)2-3-18)4-7(12)5-9(6)13(16)17/h4-5,10-11,14-15,18H,2-3H2,1H3. The summed E-state index contributed by atoms with van der Waals surface area (Å²) in [6, 6.07) is 1.78. The van der Waals surface area contributed by atoms with E-state index in [1.807, 2.05) is 0 Å². The Hall–Kier alpha value is -1.18. The molecule has 0 spiro atoms. The summed E-state index contributed by atoms with van der Waals surface area (Å²) in [5, 5.41) is 30.2. The van der Waals surface area contributed by atoms with Crippen molar-refractivity contribution in [1.82, 2.24) is 0 Å². The highest BCUT2D eigenvalue weighted by Gasteiger charge is 2.25. The van der Waals surface area contributed by atoms with Gasteiger partial charge in [0.05, 0.1) is 17.1 Å². The van der Waals surface area contributed by atoms with Crippen LogP contribution in [0.1, 0.15) is 23.7 Å². The van der Waals surface area contributed by atoms with Crippen LogP contribution in [0.4, 0.5) is 10.1 Å². The Bertz CT molecular complexity index is 455. The second kappa shape index (κ2) is 6.12. The van der Waals surface area contributed by atoms with Crippen molar-refractivity contribution in [2.24, 2.45) is 0 Å². The number of nitro groups is 1. The maximum Gasteiger partial charge on any atom is 0.275 e. The molecule has 0 saturated heterocycles. The average molecular weight is 275 g/mol. The third kappa shape index (κ3) is 3.18. The van der Waals surface area contributed by atoms with Gasteiger partial charge in [-0.15, -0.1) is 0 Å². The molecule has 2 N–H and O–H groups in total. The lowest BCUT2D eigenvalue weighted by Gasteiger charge is -2.19. The van der Waals surface area contributed by atoms with E-state index in [-0.39, 0.29) is 17.5 Å². The predicted octanol–water partition coefficient (Wildman–Crippen LogP) is 1.76. The molecule has 1 aromatic carbocycles. The Balaban J connectivity index is 3.19. The van der Waals surface area contributed by atoms with Crippen LogP contribution in [-0.2, 0) is 0 Å². The van der Waals surface area contributed by atoms with E-state index in [1.165, 1.54) is 6.92 Å². The van der Waals surface area contributed by atoms with Gasteiger partial charge in [-0.1, -0.05) is 0 Å². The molecule has 0 aromatic heterocycles. The lowest BCUT2D eigenvalue weighted by Crippen LogP contribution is -2.20. The molecule has 0 saturated carbocycles. The number of nitro benzene ring substituents is 1. The quantitative estimate of drug-likeness (QED) is 0.434. The predicted molar refractivity (Wildman–Crippen MR) is 67.2 cm³/mol. The Morgan fingerprint density at radius 1 is 1.50 bits per heavy atom. The van der Waals surface area contributed by atoms with Crippen molar-refractivity contribution in [2.45, 2.75) is 25.6 Å². The minimum atomic E-state index is -1.37. The smallest absolute Gasteiger partial charge is 0.275 e. The number of aliphatic hydroxyl groups is 2. The normalized spacial score (nSPS) is 14.3. The zero-order valence-corrected chi connectivity index (χ0v) is 10.6. The maximum atomic E-state index is 13.3. The van der Waals surface area contributed by atoms with Crippen LogP contribution in [0, 0.1) is 22.9 Å². The molecule has 1 rings (SSSR count). The molecule has 7 heteroatoms. The van der Waals surface area contributed by atoms with E-state index in [9.17, 15) is 24.7 Å². The lowest BCUT2D eigenvalue weighted by molar-refractivity contribution is -0.385. The lowest BCUT2D eigenvalue weighted by atomic mass is 9.97. The molecule has 0 bridgehead atoms. The van der Waals surface area contributed by atoms with Crippen LogP contribution in [0.2, 0.25) is 0 Å². The fraction of sp³-hybridized carbons (Fsp3) is 0.455. The maximum absolute atomic E-state index is 13.3. The first-order valence-electron chi connectivity index (χ1n) is 5.30. The fourth-order valence-corrected chi connectivity index (χ4v) is 1.94. The van der Waals surface area contributed by atoms with Crippen molar-refractivity contribution in [1.29, 1.82) is 0 Å². The zero-order chi connectivity index (χ0) is 13.9. The van der Waals surface area contributed by atoms with Crippen LogP contribution >= 0.6 is 12.6 Å². The Labute approximate surface area is 109 Å². The van der Waals surface area contributed by atoms with Crippen molar-refractivity contribution in [3.05, 3.63) is 39.2 Å². The number of hydrogen-bond acceptors (Lipinski definition) is 5. The van der Waals surface area contributed by atoms with Crippen LogP contribution < -0.4 is 0 Å². The van der Waals surface area contributed by atoms with Gasteiger partial charge in [-0.3, -0.25) is 10.1 Å². The first-order chi connectivity index (χ1) is 8.38. The molecule has 18 heavy (non-hydrogen) atoms. The van der Waals surface area contributed by atoms with Gasteiger partial charge in [0.15, 0.2) is 0 Å². The van der Waals surface area contributed by atoms with Crippen molar-refractivity contribution in [3.63, 3.8) is 0 Å². The first kappa shape index (κ1) is 14.9. The van der Waals surface area contributed by atoms with Crippen LogP contribution in [0.25, 0.3) is 0 Å². The van der Waals surface area contributed by atoms with Gasteiger partial charge in [0, 0.05) is 5.56 Å². The molecule has 0 aliphatic heterocycles. The van der Waals surface area contributed by atoms with E-state index in [1.54, 1.807) is 0 Å². The summed E-state index contributed by atoms with van der Waals surface area (Å²) in [5.74, 6) is -0.478. The largest absolute Gasteiger partial charge is 0.390 e. The van der Waals surface area contributed by atoms with Gasteiger partial charge in [0.25, 0.3) is 5.69 Å². The molecule has 0 aliphatic carbocycles. The van der Waals surface area contributed by atoms with Crippen LogP contribution in [-0.4, -0.2) is 27.0 Å². The minimum absolute atomic E-state index is 0.0241. The third-order valence-electron chi connectivity index (χ3n) is 2.69. The summed E-state index contributed by atoms with van der Waals surface area (Å²) in [5.41, 5.74) is -0.245. The van der Waals surface area contributed by atoms with Crippen LogP contribution in [0.3, 0.4) is 0 Å². The molecule has 100 valence electrons. The Morgan fingerprint density at radius 2 is 2.11 bits per heavy atom. The molecule has 1 aromatic rings. The Kier molecular flexibility index (Phi) is 5.06. The van der Waals surface area contributed by atoms with E-state index in [2.05, 4.69) is 12.6 Å². The van der Waals surface area contributed by atoms with E-state index < -0.39 is 28.6 Å². The van der Waals surface area contributed by atoms with Gasteiger partial charge < -0.3 is 10.2 Å². The van der Waals surface area contributed by atoms with E-state index >= 15 is 0 Å². The summed E-state index contributed by atoms with van der Waals surface area (Å²) in [7, 11) is 0. The van der Waals surface area contributed by atoms with E-state index in [4.69, 9.17) is 0 Å². The monoisotopic (exact) mass is 275 g/mol. The highest BCUT2D eigenvalue weighted by molar-refractivity contribution is 7.80. The third-order valence-corrected chi connectivity index (χ3v) is 2.95. The highest BCUT2D eigenvalue weighted by Crippen LogP contribution is 2.30.